The Morgan fingerprint density at radius 1 is 0.950 bits per heavy atom. The zero-order valence-electron chi connectivity index (χ0n) is 22.0. The van der Waals surface area contributed by atoms with Crippen molar-refractivity contribution in [3.63, 3.8) is 0 Å². The summed E-state index contributed by atoms with van der Waals surface area (Å²) in [4.78, 5) is 18.9. The van der Waals surface area contributed by atoms with Crippen LogP contribution in [0.3, 0.4) is 0 Å². The third-order valence-electron chi connectivity index (χ3n) is 7.54. The van der Waals surface area contributed by atoms with Crippen LogP contribution in [0.15, 0.2) is 77.6 Å². The molecule has 8 heteroatoms. The second-order valence-corrected chi connectivity index (χ2v) is 10.8. The number of fused-ring (bicyclic) bond motifs is 1. The number of aromatic nitrogens is 3. The molecule has 1 saturated carbocycles. The monoisotopic (exact) mass is 603 g/mol. The Hall–Kier alpha value is -3.78. The topological polar surface area (TPSA) is 48.5 Å². The Morgan fingerprint density at radius 2 is 1.65 bits per heavy atom. The van der Waals surface area contributed by atoms with E-state index in [0.29, 0.717) is 46.1 Å². The molecule has 1 aliphatic carbocycles. The molecule has 5 nitrogen and oxygen atoms in total. The predicted octanol–water partition coefficient (Wildman–Crippen LogP) is 7.07. The first kappa shape index (κ1) is 26.4. The predicted molar refractivity (Wildman–Crippen MR) is 155 cm³/mol. The van der Waals surface area contributed by atoms with Gasteiger partial charge in [0.05, 0.1) is 24.5 Å². The quantitative estimate of drug-likeness (QED) is 0.169. The fraction of sp³-hybridized carbons (Fsp3) is 0.250. The second kappa shape index (κ2) is 11.0. The number of rotatable bonds is 9. The molecule has 204 valence electrons. The zero-order valence-corrected chi connectivity index (χ0v) is 23.6. The summed E-state index contributed by atoms with van der Waals surface area (Å²) in [5, 5.41) is 0.362. The number of nitrogens with zero attached hydrogens (tertiary/aromatic N) is 3. The fourth-order valence-electron chi connectivity index (χ4n) is 5.03. The van der Waals surface area contributed by atoms with E-state index < -0.39 is 11.6 Å². The SMILES string of the molecule is Cc1c(Cc2ccccc2)c(=O)n2c(CBr)c(-c3ccc(OCC4CC4)cc3)nc2n1Cc1c(F)cccc1F. The van der Waals surface area contributed by atoms with Crippen LogP contribution in [0.4, 0.5) is 8.78 Å². The number of hydrogen-bond acceptors (Lipinski definition) is 3. The Balaban J connectivity index is 1.52. The van der Waals surface area contributed by atoms with Crippen LogP contribution in [-0.2, 0) is 18.3 Å². The zero-order chi connectivity index (χ0) is 27.8. The largest absolute Gasteiger partial charge is 0.493 e. The summed E-state index contributed by atoms with van der Waals surface area (Å²) in [6, 6.07) is 21.2. The minimum absolute atomic E-state index is 0.0797. The molecule has 3 aromatic carbocycles. The molecule has 0 spiro atoms. The van der Waals surface area contributed by atoms with Gasteiger partial charge in [-0.3, -0.25) is 4.79 Å². The van der Waals surface area contributed by atoms with Crippen molar-refractivity contribution in [2.24, 2.45) is 5.92 Å². The van der Waals surface area contributed by atoms with Gasteiger partial charge in [-0.15, -0.1) is 0 Å². The lowest BCUT2D eigenvalue weighted by Gasteiger charge is -2.17. The molecule has 2 aromatic heterocycles. The molecule has 1 fully saturated rings. The highest BCUT2D eigenvalue weighted by molar-refractivity contribution is 9.08. The van der Waals surface area contributed by atoms with Gasteiger partial charge >= 0.3 is 0 Å². The standard InChI is InChI=1S/C32H28BrF2N3O2/c1-20-25(16-21-6-3-2-4-7-21)31(39)38-29(17-33)30(23-12-14-24(15-13-23)40-19-22-10-11-22)36-32(38)37(20)18-26-27(34)8-5-9-28(26)35/h2-9,12-15,22H,10-11,16-19H2,1H3. The molecule has 0 unspecified atom stereocenters. The van der Waals surface area contributed by atoms with Gasteiger partial charge < -0.3 is 9.30 Å². The second-order valence-electron chi connectivity index (χ2n) is 10.3. The smallest absolute Gasteiger partial charge is 0.263 e. The van der Waals surface area contributed by atoms with Crippen LogP contribution in [0.5, 0.6) is 5.75 Å². The number of alkyl halides is 1. The van der Waals surface area contributed by atoms with Crippen molar-refractivity contribution in [3.05, 3.63) is 123 Å². The normalized spacial score (nSPS) is 13.2. The van der Waals surface area contributed by atoms with Gasteiger partial charge in [0.25, 0.3) is 5.56 Å². The summed E-state index contributed by atoms with van der Waals surface area (Å²) in [6.07, 6.45) is 2.81. The van der Waals surface area contributed by atoms with Crippen LogP contribution < -0.4 is 10.3 Å². The minimum atomic E-state index is -0.643. The van der Waals surface area contributed by atoms with E-state index in [1.54, 1.807) is 8.97 Å². The maximum Gasteiger partial charge on any atom is 0.263 e. The van der Waals surface area contributed by atoms with Gasteiger partial charge in [0, 0.05) is 34.1 Å². The molecular weight excluding hydrogens is 576 g/mol. The van der Waals surface area contributed by atoms with Crippen molar-refractivity contribution >= 4 is 21.7 Å². The molecule has 5 aromatic rings. The molecular formula is C32H28BrF2N3O2. The lowest BCUT2D eigenvalue weighted by Crippen LogP contribution is -2.27. The first-order valence-corrected chi connectivity index (χ1v) is 14.5. The van der Waals surface area contributed by atoms with Crippen molar-refractivity contribution in [1.82, 2.24) is 14.0 Å². The van der Waals surface area contributed by atoms with E-state index in [9.17, 15) is 13.6 Å². The molecule has 6 rings (SSSR count). The summed E-state index contributed by atoms with van der Waals surface area (Å²) in [5.74, 6) is 0.484. The van der Waals surface area contributed by atoms with Crippen LogP contribution in [0, 0.1) is 24.5 Å². The fourth-order valence-corrected chi connectivity index (χ4v) is 5.55. The van der Waals surface area contributed by atoms with E-state index in [1.807, 2.05) is 61.5 Å². The van der Waals surface area contributed by atoms with Crippen LogP contribution in [0.25, 0.3) is 17.0 Å². The molecule has 0 N–H and O–H groups in total. The van der Waals surface area contributed by atoms with Gasteiger partial charge in [-0.1, -0.05) is 52.3 Å². The van der Waals surface area contributed by atoms with E-state index in [4.69, 9.17) is 9.72 Å². The third kappa shape index (κ3) is 5.08. The van der Waals surface area contributed by atoms with Gasteiger partial charge in [0.15, 0.2) is 0 Å². The molecule has 0 atom stereocenters. The highest BCUT2D eigenvalue weighted by atomic mass is 79.9. The van der Waals surface area contributed by atoms with Crippen LogP contribution in [0.1, 0.15) is 40.9 Å². The van der Waals surface area contributed by atoms with Crippen LogP contribution in [0.2, 0.25) is 0 Å². The highest BCUT2D eigenvalue weighted by Crippen LogP contribution is 2.31. The number of halogens is 3. The molecule has 0 saturated heterocycles. The van der Waals surface area contributed by atoms with Gasteiger partial charge in [-0.05, 0) is 67.6 Å². The average Bonchev–Trinajstić information content (AvgIpc) is 3.72. The first-order valence-electron chi connectivity index (χ1n) is 13.3. The van der Waals surface area contributed by atoms with E-state index in [0.717, 1.165) is 23.5 Å². The molecule has 0 radical (unpaired) electrons. The maximum absolute atomic E-state index is 14.8. The maximum atomic E-state index is 14.8. The van der Waals surface area contributed by atoms with Crippen LogP contribution >= 0.6 is 15.9 Å². The highest BCUT2D eigenvalue weighted by Gasteiger charge is 2.24. The molecule has 1 aliphatic rings. The van der Waals surface area contributed by atoms with Gasteiger partial charge in [0.1, 0.15) is 17.4 Å². The van der Waals surface area contributed by atoms with E-state index in [2.05, 4.69) is 15.9 Å². The summed E-state index contributed by atoms with van der Waals surface area (Å²) in [7, 11) is 0. The van der Waals surface area contributed by atoms with Gasteiger partial charge in [-0.2, -0.15) is 0 Å². The summed E-state index contributed by atoms with van der Waals surface area (Å²) in [6.45, 7) is 2.42. The van der Waals surface area contributed by atoms with E-state index >= 15 is 0 Å². The van der Waals surface area contributed by atoms with E-state index in [1.165, 1.54) is 31.0 Å². The number of hydrogen-bond donors (Lipinski definition) is 0. The van der Waals surface area contributed by atoms with E-state index in [-0.39, 0.29) is 17.7 Å². The third-order valence-corrected chi connectivity index (χ3v) is 8.07. The first-order chi connectivity index (χ1) is 19.4. The van der Waals surface area contributed by atoms with Gasteiger partial charge in [0.2, 0.25) is 5.78 Å². The Labute approximate surface area is 239 Å². The molecule has 40 heavy (non-hydrogen) atoms. The van der Waals surface area contributed by atoms with Crippen molar-refractivity contribution < 1.29 is 13.5 Å². The molecule has 0 aliphatic heterocycles. The van der Waals surface area contributed by atoms with Crippen LogP contribution in [-0.4, -0.2) is 20.6 Å². The number of benzene rings is 3. The molecule has 2 heterocycles. The minimum Gasteiger partial charge on any atom is -0.493 e. The Kier molecular flexibility index (Phi) is 7.27. The lowest BCUT2D eigenvalue weighted by molar-refractivity contribution is 0.300. The number of ether oxygens (including phenoxy) is 1. The Morgan fingerprint density at radius 3 is 2.30 bits per heavy atom. The summed E-state index contributed by atoms with van der Waals surface area (Å²) >= 11 is 3.57. The summed E-state index contributed by atoms with van der Waals surface area (Å²) < 4.78 is 38.8. The molecule has 0 bridgehead atoms. The Bertz CT molecular complexity index is 1720. The van der Waals surface area contributed by atoms with Crippen molar-refractivity contribution in [3.8, 4) is 17.0 Å². The van der Waals surface area contributed by atoms with Crippen molar-refractivity contribution in [2.45, 2.75) is 38.1 Å². The lowest BCUT2D eigenvalue weighted by atomic mass is 10.0. The van der Waals surface area contributed by atoms with Gasteiger partial charge in [-0.25, -0.2) is 18.2 Å². The summed E-state index contributed by atoms with van der Waals surface area (Å²) in [5.41, 5.74) is 3.97. The average molecular weight is 604 g/mol. The van der Waals surface area contributed by atoms with Crippen molar-refractivity contribution in [2.75, 3.05) is 6.61 Å². The number of imidazole rings is 1. The molecule has 0 amide bonds. The van der Waals surface area contributed by atoms with Crippen molar-refractivity contribution in [1.29, 1.82) is 0 Å².